The summed E-state index contributed by atoms with van der Waals surface area (Å²) in [5, 5.41) is 3.68. The largest absolute Gasteiger partial charge is 0.497 e. The molecule has 1 fully saturated rings. The summed E-state index contributed by atoms with van der Waals surface area (Å²) < 4.78 is 37.5. The summed E-state index contributed by atoms with van der Waals surface area (Å²) >= 11 is 6.06. The van der Waals surface area contributed by atoms with E-state index in [0.717, 1.165) is 48.2 Å². The second-order valence-corrected chi connectivity index (χ2v) is 12.1. The van der Waals surface area contributed by atoms with Gasteiger partial charge in [0.05, 0.1) is 26.2 Å². The highest BCUT2D eigenvalue weighted by atomic mass is 35.5. The van der Waals surface area contributed by atoms with E-state index in [1.807, 2.05) is 6.92 Å². The molecular formula is C28H38ClN3O6S. The molecule has 1 aliphatic rings. The van der Waals surface area contributed by atoms with Crippen LogP contribution in [-0.4, -0.2) is 64.2 Å². The number of methoxy groups -OCH3 is 2. The fourth-order valence-electron chi connectivity index (χ4n) is 4.84. The van der Waals surface area contributed by atoms with Crippen LogP contribution >= 0.6 is 11.6 Å². The van der Waals surface area contributed by atoms with Crippen molar-refractivity contribution in [3.63, 3.8) is 0 Å². The molecule has 0 spiro atoms. The van der Waals surface area contributed by atoms with Gasteiger partial charge >= 0.3 is 0 Å². The molecule has 1 aliphatic carbocycles. The fourth-order valence-corrected chi connectivity index (χ4v) is 5.82. The molecule has 214 valence electrons. The summed E-state index contributed by atoms with van der Waals surface area (Å²) in [4.78, 5) is 28.8. The Hall–Kier alpha value is -2.98. The Kier molecular flexibility index (Phi) is 10.9. The average Bonchev–Trinajstić information content (AvgIpc) is 2.92. The van der Waals surface area contributed by atoms with Gasteiger partial charge in [0.1, 0.15) is 24.1 Å². The van der Waals surface area contributed by atoms with E-state index in [1.165, 1.54) is 25.2 Å². The van der Waals surface area contributed by atoms with Crippen molar-refractivity contribution >= 4 is 39.1 Å². The number of benzene rings is 2. The molecule has 2 amide bonds. The Morgan fingerprint density at radius 3 is 2.28 bits per heavy atom. The van der Waals surface area contributed by atoms with Gasteiger partial charge in [-0.15, -0.1) is 0 Å². The number of carbonyl (C=O) groups excluding carboxylic acids is 2. The van der Waals surface area contributed by atoms with E-state index in [-0.39, 0.29) is 29.9 Å². The zero-order valence-corrected chi connectivity index (χ0v) is 24.6. The molecule has 0 aromatic heterocycles. The third-order valence-electron chi connectivity index (χ3n) is 6.94. The molecule has 11 heteroatoms. The lowest BCUT2D eigenvalue weighted by molar-refractivity contribution is -0.140. The molecule has 1 atom stereocenters. The van der Waals surface area contributed by atoms with Crippen molar-refractivity contribution in [1.82, 2.24) is 10.2 Å². The number of ether oxygens (including phenoxy) is 2. The second-order valence-electron chi connectivity index (χ2n) is 9.72. The van der Waals surface area contributed by atoms with Gasteiger partial charge in [-0.2, -0.15) is 0 Å². The molecule has 1 saturated carbocycles. The van der Waals surface area contributed by atoms with Gasteiger partial charge in [0.2, 0.25) is 21.8 Å². The predicted molar refractivity (Wildman–Crippen MR) is 153 cm³/mol. The maximum absolute atomic E-state index is 13.9. The van der Waals surface area contributed by atoms with Crippen LogP contribution in [-0.2, 0) is 26.2 Å². The first-order valence-corrected chi connectivity index (χ1v) is 15.3. The summed E-state index contributed by atoms with van der Waals surface area (Å²) in [6.07, 6.45) is 6.48. The van der Waals surface area contributed by atoms with Crippen molar-refractivity contribution in [2.24, 2.45) is 0 Å². The minimum Gasteiger partial charge on any atom is -0.497 e. The molecule has 9 nitrogen and oxygen atoms in total. The molecule has 0 aliphatic heterocycles. The van der Waals surface area contributed by atoms with Crippen LogP contribution in [0.3, 0.4) is 0 Å². The maximum Gasteiger partial charge on any atom is 0.244 e. The monoisotopic (exact) mass is 579 g/mol. The highest BCUT2D eigenvalue weighted by molar-refractivity contribution is 7.92. The van der Waals surface area contributed by atoms with E-state index in [9.17, 15) is 18.0 Å². The van der Waals surface area contributed by atoms with E-state index < -0.39 is 28.5 Å². The lowest BCUT2D eigenvalue weighted by atomic mass is 9.95. The molecule has 0 radical (unpaired) electrons. The van der Waals surface area contributed by atoms with Crippen molar-refractivity contribution in [3.8, 4) is 11.5 Å². The van der Waals surface area contributed by atoms with E-state index in [0.29, 0.717) is 17.2 Å². The van der Waals surface area contributed by atoms with Gasteiger partial charge in [-0.1, -0.05) is 49.9 Å². The van der Waals surface area contributed by atoms with Gasteiger partial charge in [-0.25, -0.2) is 8.42 Å². The van der Waals surface area contributed by atoms with Crippen LogP contribution in [0.25, 0.3) is 0 Å². The highest BCUT2D eigenvalue weighted by Crippen LogP contribution is 2.34. The number of sulfonamides is 1. The second kappa shape index (κ2) is 13.9. The van der Waals surface area contributed by atoms with Crippen molar-refractivity contribution in [2.45, 2.75) is 64.1 Å². The van der Waals surface area contributed by atoms with Gasteiger partial charge in [-0.05, 0) is 49.1 Å². The standard InChI is InChI=1S/C28H38ClN3O6S/c1-5-24(28(34)30-22-9-7-6-8-10-22)31(18-20-11-13-21(29)14-12-20)27(33)19-32(39(4,35)36)25-16-15-23(37-2)17-26(25)38-3/h11-17,22,24H,5-10,18-19H2,1-4H3,(H,30,34). The molecule has 0 heterocycles. The zero-order valence-electron chi connectivity index (χ0n) is 23.0. The first-order chi connectivity index (χ1) is 18.6. The molecule has 1 N–H and O–H groups in total. The molecule has 39 heavy (non-hydrogen) atoms. The topological polar surface area (TPSA) is 105 Å². The van der Waals surface area contributed by atoms with Gasteiger partial charge in [0, 0.05) is 23.7 Å². The van der Waals surface area contributed by atoms with Crippen LogP contribution in [0, 0.1) is 0 Å². The Bertz CT molecular complexity index is 1230. The molecule has 0 saturated heterocycles. The summed E-state index contributed by atoms with van der Waals surface area (Å²) in [6.45, 7) is 1.44. The highest BCUT2D eigenvalue weighted by Gasteiger charge is 2.33. The normalized spacial score (nSPS) is 14.8. The lowest BCUT2D eigenvalue weighted by Gasteiger charge is -2.34. The SMILES string of the molecule is CCC(C(=O)NC1CCCCC1)N(Cc1ccc(Cl)cc1)C(=O)CN(c1ccc(OC)cc1OC)S(C)(=O)=O. The number of nitrogens with one attached hydrogen (secondary N) is 1. The minimum absolute atomic E-state index is 0.0730. The molecular weight excluding hydrogens is 542 g/mol. The number of nitrogens with zero attached hydrogens (tertiary/aromatic N) is 2. The fraction of sp³-hybridized carbons (Fsp3) is 0.500. The minimum atomic E-state index is -3.91. The summed E-state index contributed by atoms with van der Waals surface area (Å²) in [6, 6.07) is 11.0. The number of halogens is 1. The molecule has 1 unspecified atom stereocenters. The first kappa shape index (κ1) is 30.6. The summed E-state index contributed by atoms with van der Waals surface area (Å²) in [5.74, 6) is -0.0392. The van der Waals surface area contributed by atoms with Crippen molar-refractivity contribution in [3.05, 3.63) is 53.1 Å². The quantitative estimate of drug-likeness (QED) is 0.400. The maximum atomic E-state index is 13.9. The first-order valence-electron chi connectivity index (χ1n) is 13.1. The number of carbonyl (C=O) groups is 2. The Morgan fingerprint density at radius 2 is 1.72 bits per heavy atom. The van der Waals surface area contributed by atoms with E-state index >= 15 is 0 Å². The Labute approximate surface area is 236 Å². The lowest BCUT2D eigenvalue weighted by Crippen LogP contribution is -2.54. The number of rotatable bonds is 12. The van der Waals surface area contributed by atoms with Gasteiger partial charge in [0.25, 0.3) is 0 Å². The smallest absolute Gasteiger partial charge is 0.244 e. The number of anilines is 1. The van der Waals surface area contributed by atoms with Crippen LogP contribution in [0.2, 0.25) is 5.02 Å². The van der Waals surface area contributed by atoms with Gasteiger partial charge < -0.3 is 19.7 Å². The zero-order chi connectivity index (χ0) is 28.6. The average molecular weight is 580 g/mol. The molecule has 2 aromatic carbocycles. The Morgan fingerprint density at radius 1 is 1.05 bits per heavy atom. The predicted octanol–water partition coefficient (Wildman–Crippen LogP) is 4.38. The van der Waals surface area contributed by atoms with Crippen molar-refractivity contribution < 1.29 is 27.5 Å². The van der Waals surface area contributed by atoms with Crippen LogP contribution < -0.4 is 19.1 Å². The molecule has 2 aromatic rings. The number of hydrogen-bond acceptors (Lipinski definition) is 6. The summed E-state index contributed by atoms with van der Waals surface area (Å²) in [5.41, 5.74) is 0.963. The molecule has 0 bridgehead atoms. The van der Waals surface area contributed by atoms with E-state index in [2.05, 4.69) is 5.32 Å². The molecule has 3 rings (SSSR count). The van der Waals surface area contributed by atoms with Crippen LogP contribution in [0.5, 0.6) is 11.5 Å². The van der Waals surface area contributed by atoms with Gasteiger partial charge in [-0.3, -0.25) is 13.9 Å². The van der Waals surface area contributed by atoms with E-state index in [1.54, 1.807) is 36.4 Å². The third-order valence-corrected chi connectivity index (χ3v) is 8.32. The Balaban J connectivity index is 1.95. The number of hydrogen-bond donors (Lipinski definition) is 1. The van der Waals surface area contributed by atoms with Crippen molar-refractivity contribution in [2.75, 3.05) is 31.3 Å². The number of amides is 2. The van der Waals surface area contributed by atoms with Gasteiger partial charge in [0.15, 0.2) is 0 Å². The van der Waals surface area contributed by atoms with Crippen LogP contribution in [0.15, 0.2) is 42.5 Å². The third kappa shape index (κ3) is 8.25. The van der Waals surface area contributed by atoms with Crippen molar-refractivity contribution in [1.29, 1.82) is 0 Å². The summed E-state index contributed by atoms with van der Waals surface area (Å²) in [7, 11) is -1.00. The van der Waals surface area contributed by atoms with Crippen LogP contribution in [0.1, 0.15) is 51.0 Å². The van der Waals surface area contributed by atoms with Crippen LogP contribution in [0.4, 0.5) is 5.69 Å². The van der Waals surface area contributed by atoms with E-state index in [4.69, 9.17) is 21.1 Å².